The van der Waals surface area contributed by atoms with Gasteiger partial charge < -0.3 is 9.15 Å². The molecule has 0 aliphatic heterocycles. The summed E-state index contributed by atoms with van der Waals surface area (Å²) in [7, 11) is 0. The minimum Gasteiger partial charge on any atom is -0.449 e. The number of thioether (sulfide) groups is 1. The number of esters is 1. The molecule has 5 rings (SSSR count). The number of imidazole rings is 1. The zero-order valence-electron chi connectivity index (χ0n) is 17.9. The van der Waals surface area contributed by atoms with Gasteiger partial charge in [0.05, 0.1) is 11.0 Å². The number of benzene rings is 2. The van der Waals surface area contributed by atoms with Crippen molar-refractivity contribution in [3.05, 3.63) is 84.1 Å². The molecule has 34 heavy (non-hydrogen) atoms. The molecule has 1 unspecified atom stereocenters. The largest absolute Gasteiger partial charge is 0.449 e. The SMILES string of the molecule is CC(OC(=O)c1oc2ccccc2c1CSc1ncccn1)c1nc2ccccc2n1C(F)F. The van der Waals surface area contributed by atoms with E-state index in [9.17, 15) is 13.6 Å². The third kappa shape index (κ3) is 4.12. The Labute approximate surface area is 196 Å². The standard InChI is InChI=1S/C24H18F2N4O3S/c1-14(21-29-17-8-3-4-9-18(17)30(21)23(25)26)32-22(31)20-16(13-34-24-27-11-6-12-28-24)15-7-2-5-10-19(15)33-20/h2-12,14,23H,13H2,1H3. The van der Waals surface area contributed by atoms with Crippen molar-refractivity contribution < 1.29 is 22.7 Å². The Balaban J connectivity index is 1.46. The van der Waals surface area contributed by atoms with E-state index in [0.29, 0.717) is 27.6 Å². The van der Waals surface area contributed by atoms with Crippen LogP contribution in [0.15, 0.2) is 76.6 Å². The number of ether oxygens (including phenoxy) is 1. The first-order chi connectivity index (χ1) is 16.5. The van der Waals surface area contributed by atoms with Gasteiger partial charge in [-0.3, -0.25) is 4.57 Å². The smallest absolute Gasteiger partial charge is 0.375 e. The molecule has 0 saturated carbocycles. The average molecular weight is 480 g/mol. The second-order valence-corrected chi connectivity index (χ2v) is 8.32. The van der Waals surface area contributed by atoms with E-state index in [1.807, 2.05) is 12.1 Å². The molecule has 3 aromatic heterocycles. The lowest BCUT2D eigenvalue weighted by Gasteiger charge is -2.15. The highest BCUT2D eigenvalue weighted by Gasteiger charge is 2.28. The number of aromatic nitrogens is 4. The summed E-state index contributed by atoms with van der Waals surface area (Å²) in [5.74, 6) is -0.443. The van der Waals surface area contributed by atoms with Crippen molar-refractivity contribution in [2.24, 2.45) is 0 Å². The van der Waals surface area contributed by atoms with Crippen LogP contribution in [0.3, 0.4) is 0 Å². The van der Waals surface area contributed by atoms with Crippen LogP contribution in [0.2, 0.25) is 0 Å². The fraction of sp³-hybridized carbons (Fsp3) is 0.167. The fourth-order valence-electron chi connectivity index (χ4n) is 3.73. The Kier molecular flexibility index (Phi) is 5.97. The maximum absolute atomic E-state index is 13.8. The number of hydrogen-bond acceptors (Lipinski definition) is 7. The number of nitrogens with zero attached hydrogens (tertiary/aromatic N) is 4. The number of alkyl halides is 2. The molecular formula is C24H18F2N4O3S. The highest BCUT2D eigenvalue weighted by molar-refractivity contribution is 7.98. The van der Waals surface area contributed by atoms with Crippen LogP contribution in [0.5, 0.6) is 0 Å². The number of fused-ring (bicyclic) bond motifs is 2. The van der Waals surface area contributed by atoms with Crippen LogP contribution in [0.4, 0.5) is 8.78 Å². The van der Waals surface area contributed by atoms with Crippen LogP contribution in [0.25, 0.3) is 22.0 Å². The van der Waals surface area contributed by atoms with Gasteiger partial charge in [0.25, 0.3) is 0 Å². The predicted molar refractivity (Wildman–Crippen MR) is 123 cm³/mol. The first kappa shape index (κ1) is 22.0. The first-order valence-corrected chi connectivity index (χ1v) is 11.4. The van der Waals surface area contributed by atoms with E-state index in [-0.39, 0.29) is 17.1 Å². The van der Waals surface area contributed by atoms with Gasteiger partial charge in [0.1, 0.15) is 5.58 Å². The van der Waals surface area contributed by atoms with Crippen molar-refractivity contribution in [3.8, 4) is 0 Å². The summed E-state index contributed by atoms with van der Waals surface area (Å²) in [6.45, 7) is -1.33. The van der Waals surface area contributed by atoms with Gasteiger partial charge >= 0.3 is 12.5 Å². The van der Waals surface area contributed by atoms with E-state index in [1.165, 1.54) is 18.7 Å². The number of rotatable bonds is 7. The molecule has 3 heterocycles. The van der Waals surface area contributed by atoms with Crippen molar-refractivity contribution in [1.29, 1.82) is 0 Å². The Morgan fingerprint density at radius 1 is 1.09 bits per heavy atom. The first-order valence-electron chi connectivity index (χ1n) is 10.4. The number of furan rings is 1. The number of hydrogen-bond donors (Lipinski definition) is 0. The number of para-hydroxylation sites is 3. The van der Waals surface area contributed by atoms with E-state index in [1.54, 1.807) is 54.9 Å². The molecule has 1 atom stereocenters. The summed E-state index contributed by atoms with van der Waals surface area (Å²) >= 11 is 1.34. The Morgan fingerprint density at radius 3 is 2.62 bits per heavy atom. The molecule has 0 saturated heterocycles. The summed E-state index contributed by atoms with van der Waals surface area (Å²) in [4.78, 5) is 25.8. The van der Waals surface area contributed by atoms with E-state index in [2.05, 4.69) is 15.0 Å². The van der Waals surface area contributed by atoms with Crippen LogP contribution in [-0.2, 0) is 10.5 Å². The Morgan fingerprint density at radius 2 is 1.82 bits per heavy atom. The summed E-state index contributed by atoms with van der Waals surface area (Å²) in [5, 5.41) is 1.30. The Bertz CT molecular complexity index is 1470. The number of halogens is 2. The molecule has 0 amide bonds. The highest BCUT2D eigenvalue weighted by atomic mass is 32.2. The van der Waals surface area contributed by atoms with Crippen molar-refractivity contribution in [2.75, 3.05) is 0 Å². The van der Waals surface area contributed by atoms with Crippen LogP contribution in [0.1, 0.15) is 41.5 Å². The second kappa shape index (κ2) is 9.22. The fourth-order valence-corrected chi connectivity index (χ4v) is 4.56. The molecule has 172 valence electrons. The van der Waals surface area contributed by atoms with Gasteiger partial charge in [-0.2, -0.15) is 8.78 Å². The summed E-state index contributed by atoms with van der Waals surface area (Å²) < 4.78 is 39.8. The molecule has 2 aromatic carbocycles. The van der Waals surface area contributed by atoms with E-state index in [4.69, 9.17) is 9.15 Å². The molecule has 0 fully saturated rings. The quantitative estimate of drug-likeness (QED) is 0.156. The lowest BCUT2D eigenvalue weighted by Crippen LogP contribution is -2.15. The molecule has 0 spiro atoms. The molecule has 0 radical (unpaired) electrons. The second-order valence-electron chi connectivity index (χ2n) is 7.38. The topological polar surface area (TPSA) is 83.0 Å². The molecule has 10 heteroatoms. The number of carbonyl (C=O) groups is 1. The van der Waals surface area contributed by atoms with Gasteiger partial charge in [0.15, 0.2) is 17.1 Å². The van der Waals surface area contributed by atoms with Crippen molar-refractivity contribution >= 4 is 39.7 Å². The minimum atomic E-state index is -2.84. The minimum absolute atomic E-state index is 0.0104. The van der Waals surface area contributed by atoms with Crippen LogP contribution in [-0.4, -0.2) is 25.5 Å². The zero-order valence-corrected chi connectivity index (χ0v) is 18.7. The monoisotopic (exact) mass is 480 g/mol. The lowest BCUT2D eigenvalue weighted by molar-refractivity contribution is 0.0204. The average Bonchev–Trinajstić information content (AvgIpc) is 3.42. The van der Waals surface area contributed by atoms with Gasteiger partial charge in [-0.1, -0.05) is 42.1 Å². The molecule has 7 nitrogen and oxygen atoms in total. The molecular weight excluding hydrogens is 462 g/mol. The van der Waals surface area contributed by atoms with Gasteiger partial charge in [0.2, 0.25) is 5.76 Å². The molecule has 0 aliphatic rings. The van der Waals surface area contributed by atoms with Gasteiger partial charge in [0, 0.05) is 29.1 Å². The number of carbonyl (C=O) groups excluding carboxylic acids is 1. The maximum Gasteiger partial charge on any atom is 0.375 e. The Hall–Kier alpha value is -3.79. The molecule has 0 N–H and O–H groups in total. The van der Waals surface area contributed by atoms with E-state index < -0.39 is 18.6 Å². The molecule has 0 bridgehead atoms. The van der Waals surface area contributed by atoms with Crippen LogP contribution >= 0.6 is 11.8 Å². The predicted octanol–water partition coefficient (Wildman–Crippen LogP) is 6.18. The van der Waals surface area contributed by atoms with Crippen molar-refractivity contribution in [3.63, 3.8) is 0 Å². The normalized spacial score (nSPS) is 12.5. The van der Waals surface area contributed by atoms with Crippen LogP contribution in [0, 0.1) is 0 Å². The highest BCUT2D eigenvalue weighted by Crippen LogP contribution is 2.33. The van der Waals surface area contributed by atoms with Gasteiger partial charge in [-0.25, -0.2) is 19.7 Å². The molecule has 0 aliphatic carbocycles. The summed E-state index contributed by atoms with van der Waals surface area (Å²) in [5.41, 5.74) is 1.79. The summed E-state index contributed by atoms with van der Waals surface area (Å²) in [6.07, 6.45) is 2.23. The summed E-state index contributed by atoms with van der Waals surface area (Å²) in [6, 6.07) is 15.5. The van der Waals surface area contributed by atoms with Gasteiger partial charge in [-0.05, 0) is 31.2 Å². The maximum atomic E-state index is 13.8. The molecule has 5 aromatic rings. The van der Waals surface area contributed by atoms with Crippen molar-refractivity contribution in [1.82, 2.24) is 19.5 Å². The van der Waals surface area contributed by atoms with E-state index >= 15 is 0 Å². The third-order valence-corrected chi connectivity index (χ3v) is 6.14. The lowest BCUT2D eigenvalue weighted by atomic mass is 10.1. The van der Waals surface area contributed by atoms with Crippen LogP contribution < -0.4 is 0 Å². The van der Waals surface area contributed by atoms with E-state index in [0.717, 1.165) is 9.95 Å². The van der Waals surface area contributed by atoms with Crippen molar-refractivity contribution in [2.45, 2.75) is 30.5 Å². The third-order valence-electron chi connectivity index (χ3n) is 5.24. The van der Waals surface area contributed by atoms with Gasteiger partial charge in [-0.15, -0.1) is 0 Å². The zero-order chi connectivity index (χ0) is 23.7.